The van der Waals surface area contributed by atoms with Crippen LogP contribution in [0, 0.1) is 11.3 Å². The van der Waals surface area contributed by atoms with Crippen LogP contribution in [0.15, 0.2) is 4.52 Å². The van der Waals surface area contributed by atoms with E-state index in [1.54, 1.807) is 0 Å². The number of hydrogen-bond acceptors (Lipinski definition) is 5. The van der Waals surface area contributed by atoms with E-state index in [1.807, 2.05) is 25.7 Å². The molecular formula is C16H28N4O2. The fraction of sp³-hybridized carbons (Fsp3) is 0.812. The summed E-state index contributed by atoms with van der Waals surface area (Å²) in [5, 5.41) is 4.02. The van der Waals surface area contributed by atoms with Gasteiger partial charge in [-0.2, -0.15) is 4.98 Å². The second kappa shape index (κ2) is 6.77. The SMILES string of the molecule is CC(C)Cc1noc(CN2CCN(C(=O)C(C)(C)C)CC2)n1. The van der Waals surface area contributed by atoms with Gasteiger partial charge in [0, 0.05) is 38.0 Å². The van der Waals surface area contributed by atoms with Crippen molar-refractivity contribution >= 4 is 5.91 Å². The molecule has 1 aliphatic heterocycles. The highest BCUT2D eigenvalue weighted by molar-refractivity contribution is 5.81. The van der Waals surface area contributed by atoms with Crippen molar-refractivity contribution in [2.24, 2.45) is 11.3 Å². The van der Waals surface area contributed by atoms with E-state index in [0.717, 1.165) is 38.4 Å². The van der Waals surface area contributed by atoms with E-state index in [2.05, 4.69) is 28.9 Å². The molecule has 0 unspecified atom stereocenters. The van der Waals surface area contributed by atoms with Crippen molar-refractivity contribution in [3.05, 3.63) is 11.7 Å². The van der Waals surface area contributed by atoms with Crippen LogP contribution in [0.5, 0.6) is 0 Å². The molecule has 1 fully saturated rings. The Morgan fingerprint density at radius 2 is 1.86 bits per heavy atom. The summed E-state index contributed by atoms with van der Waals surface area (Å²) in [4.78, 5) is 20.9. The van der Waals surface area contributed by atoms with Crippen LogP contribution in [0.25, 0.3) is 0 Å². The Balaban J connectivity index is 1.82. The number of hydrogen-bond donors (Lipinski definition) is 0. The molecule has 0 saturated carbocycles. The Hall–Kier alpha value is -1.43. The zero-order valence-electron chi connectivity index (χ0n) is 14.4. The maximum absolute atomic E-state index is 12.3. The average Bonchev–Trinajstić information content (AvgIpc) is 2.84. The normalized spacial score (nSPS) is 17.3. The van der Waals surface area contributed by atoms with E-state index in [9.17, 15) is 4.79 Å². The van der Waals surface area contributed by atoms with E-state index in [4.69, 9.17) is 4.52 Å². The summed E-state index contributed by atoms with van der Waals surface area (Å²) in [6, 6.07) is 0. The summed E-state index contributed by atoms with van der Waals surface area (Å²) >= 11 is 0. The van der Waals surface area contributed by atoms with Gasteiger partial charge < -0.3 is 9.42 Å². The van der Waals surface area contributed by atoms with Gasteiger partial charge in [0.05, 0.1) is 6.54 Å². The summed E-state index contributed by atoms with van der Waals surface area (Å²) in [6.07, 6.45) is 0.845. The summed E-state index contributed by atoms with van der Waals surface area (Å²) < 4.78 is 5.31. The maximum atomic E-state index is 12.3. The van der Waals surface area contributed by atoms with Crippen LogP contribution in [-0.2, 0) is 17.8 Å². The van der Waals surface area contributed by atoms with Gasteiger partial charge in [0.2, 0.25) is 11.8 Å². The lowest BCUT2D eigenvalue weighted by molar-refractivity contribution is -0.141. The molecule has 0 atom stereocenters. The minimum Gasteiger partial charge on any atom is -0.340 e. The number of carbonyl (C=O) groups is 1. The second-order valence-corrected chi connectivity index (χ2v) is 7.52. The molecular weight excluding hydrogens is 280 g/mol. The van der Waals surface area contributed by atoms with E-state index in [-0.39, 0.29) is 11.3 Å². The summed E-state index contributed by atoms with van der Waals surface area (Å²) in [7, 11) is 0. The lowest BCUT2D eigenvalue weighted by Gasteiger charge is -2.37. The van der Waals surface area contributed by atoms with Crippen molar-refractivity contribution in [2.45, 2.75) is 47.6 Å². The first-order valence-corrected chi connectivity index (χ1v) is 8.09. The van der Waals surface area contributed by atoms with E-state index < -0.39 is 0 Å². The first kappa shape index (κ1) is 16.9. The number of nitrogens with zero attached hydrogens (tertiary/aromatic N) is 4. The Morgan fingerprint density at radius 1 is 1.23 bits per heavy atom. The molecule has 6 nitrogen and oxygen atoms in total. The fourth-order valence-corrected chi connectivity index (χ4v) is 2.58. The molecule has 0 bridgehead atoms. The van der Waals surface area contributed by atoms with Crippen molar-refractivity contribution in [2.75, 3.05) is 26.2 Å². The van der Waals surface area contributed by atoms with Crippen molar-refractivity contribution < 1.29 is 9.32 Å². The molecule has 0 aromatic carbocycles. The van der Waals surface area contributed by atoms with Crippen LogP contribution < -0.4 is 0 Å². The van der Waals surface area contributed by atoms with Crippen molar-refractivity contribution in [3.63, 3.8) is 0 Å². The van der Waals surface area contributed by atoms with Gasteiger partial charge in [0.25, 0.3) is 0 Å². The molecule has 1 aliphatic rings. The van der Waals surface area contributed by atoms with Gasteiger partial charge in [-0.15, -0.1) is 0 Å². The molecule has 0 aliphatic carbocycles. The molecule has 1 aromatic heterocycles. The first-order chi connectivity index (χ1) is 10.3. The minimum absolute atomic E-state index is 0.226. The van der Waals surface area contributed by atoms with Crippen LogP contribution in [0.1, 0.15) is 46.3 Å². The van der Waals surface area contributed by atoms with Crippen LogP contribution in [-0.4, -0.2) is 52.0 Å². The number of carbonyl (C=O) groups excluding carboxylic acids is 1. The van der Waals surface area contributed by atoms with E-state index in [1.165, 1.54) is 0 Å². The zero-order chi connectivity index (χ0) is 16.3. The summed E-state index contributed by atoms with van der Waals surface area (Å²) in [5.74, 6) is 2.21. The van der Waals surface area contributed by atoms with Crippen LogP contribution in [0.4, 0.5) is 0 Å². The molecule has 124 valence electrons. The molecule has 0 spiro atoms. The van der Waals surface area contributed by atoms with Gasteiger partial charge in [0.15, 0.2) is 5.82 Å². The van der Waals surface area contributed by atoms with Gasteiger partial charge in [-0.3, -0.25) is 9.69 Å². The third-order valence-corrected chi connectivity index (χ3v) is 3.76. The lowest BCUT2D eigenvalue weighted by Crippen LogP contribution is -2.51. The van der Waals surface area contributed by atoms with Gasteiger partial charge in [-0.1, -0.05) is 39.8 Å². The first-order valence-electron chi connectivity index (χ1n) is 8.09. The predicted octanol–water partition coefficient (Wildman–Crippen LogP) is 1.96. The molecule has 2 rings (SSSR count). The molecule has 22 heavy (non-hydrogen) atoms. The predicted molar refractivity (Wildman–Crippen MR) is 84.2 cm³/mol. The van der Waals surface area contributed by atoms with Gasteiger partial charge in [0.1, 0.15) is 0 Å². The smallest absolute Gasteiger partial charge is 0.240 e. The highest BCUT2D eigenvalue weighted by Crippen LogP contribution is 2.19. The third-order valence-electron chi connectivity index (χ3n) is 3.76. The molecule has 0 radical (unpaired) electrons. The molecule has 0 N–H and O–H groups in total. The zero-order valence-corrected chi connectivity index (χ0v) is 14.4. The van der Waals surface area contributed by atoms with Gasteiger partial charge >= 0.3 is 0 Å². The fourth-order valence-electron chi connectivity index (χ4n) is 2.58. The highest BCUT2D eigenvalue weighted by atomic mass is 16.5. The molecule has 6 heteroatoms. The highest BCUT2D eigenvalue weighted by Gasteiger charge is 2.30. The Labute approximate surface area is 132 Å². The summed E-state index contributed by atoms with van der Waals surface area (Å²) in [6.45, 7) is 14.1. The topological polar surface area (TPSA) is 62.5 Å². The van der Waals surface area contributed by atoms with E-state index in [0.29, 0.717) is 18.4 Å². The Morgan fingerprint density at radius 3 is 2.41 bits per heavy atom. The van der Waals surface area contributed by atoms with Crippen LogP contribution >= 0.6 is 0 Å². The van der Waals surface area contributed by atoms with Crippen molar-refractivity contribution in [1.82, 2.24) is 19.9 Å². The van der Waals surface area contributed by atoms with Crippen LogP contribution in [0.2, 0.25) is 0 Å². The number of piperazine rings is 1. The molecule has 1 amide bonds. The molecule has 2 heterocycles. The number of aromatic nitrogens is 2. The standard InChI is InChI=1S/C16H28N4O2/c1-12(2)10-13-17-14(22-18-13)11-19-6-8-20(9-7-19)15(21)16(3,4)5/h12H,6-11H2,1-5H3. The Kier molecular flexibility index (Phi) is 5.21. The summed E-state index contributed by atoms with van der Waals surface area (Å²) in [5.41, 5.74) is -0.305. The van der Waals surface area contributed by atoms with E-state index >= 15 is 0 Å². The average molecular weight is 308 g/mol. The third kappa shape index (κ3) is 4.53. The monoisotopic (exact) mass is 308 g/mol. The maximum Gasteiger partial charge on any atom is 0.240 e. The Bertz CT molecular complexity index is 496. The number of amides is 1. The number of rotatable bonds is 4. The van der Waals surface area contributed by atoms with Crippen LogP contribution in [0.3, 0.4) is 0 Å². The molecule has 1 saturated heterocycles. The van der Waals surface area contributed by atoms with Crippen molar-refractivity contribution in [3.8, 4) is 0 Å². The van der Waals surface area contributed by atoms with Crippen molar-refractivity contribution in [1.29, 1.82) is 0 Å². The van der Waals surface area contributed by atoms with Gasteiger partial charge in [-0.05, 0) is 5.92 Å². The second-order valence-electron chi connectivity index (χ2n) is 7.52. The minimum atomic E-state index is -0.305. The largest absolute Gasteiger partial charge is 0.340 e. The molecule has 1 aromatic rings. The lowest BCUT2D eigenvalue weighted by atomic mass is 9.94. The van der Waals surface area contributed by atoms with Gasteiger partial charge in [-0.25, -0.2) is 0 Å². The quantitative estimate of drug-likeness (QED) is 0.851.